The number of aliphatic carboxylic acids is 1. The molecule has 3 aliphatic heterocycles. The molecule has 3 rings (SSSR count). The van der Waals surface area contributed by atoms with Gasteiger partial charge >= 0.3 is 5.97 Å². The number of unbranched alkanes of at least 4 members (excludes halogenated alkanes) is 45. The Bertz CT molecular complexity index is 2080. The Balaban J connectivity index is 1.42. The van der Waals surface area contributed by atoms with E-state index >= 15 is 0 Å². The van der Waals surface area contributed by atoms with E-state index in [1.165, 1.54) is 244 Å². The Kier molecular flexibility index (Phi) is 53.7. The fourth-order valence-corrected chi connectivity index (χ4v) is 14.5. The normalized spacial score (nSPS) is 26.7. The van der Waals surface area contributed by atoms with Crippen molar-refractivity contribution in [2.75, 3.05) is 26.4 Å². The molecule has 23 nitrogen and oxygen atoms in total. The third-order valence-corrected chi connectivity index (χ3v) is 21.0. The molecule has 3 fully saturated rings. The average molecular weight is 1460 g/mol. The summed E-state index contributed by atoms with van der Waals surface area (Å²) in [7, 11) is 0. The number of hydrogen-bond acceptors (Lipinski definition) is 20. The lowest BCUT2D eigenvalue weighted by molar-refractivity contribution is -0.386. The molecule has 102 heavy (non-hydrogen) atoms. The second-order valence-corrected chi connectivity index (χ2v) is 30.0. The van der Waals surface area contributed by atoms with E-state index in [2.05, 4.69) is 24.5 Å². The predicted molar refractivity (Wildman–Crippen MR) is 394 cm³/mol. The number of carboxylic acids is 1. The summed E-state index contributed by atoms with van der Waals surface area (Å²) >= 11 is 0. The standard InChI is InChI=1S/C79H148N2O21/c1-4-6-8-10-12-14-16-18-19-20-21-22-23-24-25-26-27-28-29-30-31-32-33-34-35-36-37-38-39-41-43-45-47-49-51-53-66(89)81-60(61(86)52-50-48-46-44-42-40-17-15-13-11-9-7-5-2)58-97-76-71(93)70(92)73(65(57-84)99-76)100-77-72(94)75(69(91)64(56-83)98-77)102-79(78(95)96)54-62(87)67(80-59(3)85)74(101-79)68(90)63(88)55-82/h50,52,60-65,67-77,82-84,86-88,90-94H,4-49,51,53-58H2,1-3H3,(H,80,85)(H,81,89)(H,95,96)/b52-50+. The summed E-state index contributed by atoms with van der Waals surface area (Å²) in [6.07, 6.45) is 34.4. The summed E-state index contributed by atoms with van der Waals surface area (Å²) < 4.78 is 34.9. The molecule has 0 aliphatic carbocycles. The van der Waals surface area contributed by atoms with Gasteiger partial charge in [-0.15, -0.1) is 0 Å². The van der Waals surface area contributed by atoms with Crippen molar-refractivity contribution in [3.05, 3.63) is 12.2 Å². The Morgan fingerprint density at radius 2 is 0.912 bits per heavy atom. The highest BCUT2D eigenvalue weighted by atomic mass is 16.8. The first-order valence-corrected chi connectivity index (χ1v) is 41.1. The molecule has 23 heteroatoms. The SMILES string of the molecule is CCCCCCCCCCCCC/C=C/C(O)C(COC1OC(CO)C(OC2OC(CO)C(O)C(OC3(C(=O)O)CC(O)C(NC(C)=O)C(C(O)C(O)CO)O3)C2O)C(O)C1O)NC(=O)CCCCCCCCCCCCCCCCCCCCCCCCCCCCCCCCCCCCC. The fourth-order valence-electron chi connectivity index (χ4n) is 14.5. The molecule has 0 aromatic heterocycles. The minimum absolute atomic E-state index is 0.205. The van der Waals surface area contributed by atoms with Crippen LogP contribution in [0.4, 0.5) is 0 Å². The number of carbonyl (C=O) groups is 3. The zero-order valence-corrected chi connectivity index (χ0v) is 63.5. The van der Waals surface area contributed by atoms with Gasteiger partial charge in [-0.05, 0) is 19.3 Å². The fraction of sp³-hybridized carbons (Fsp3) is 0.937. The second kappa shape index (κ2) is 58.5. The minimum atomic E-state index is -3.08. The highest BCUT2D eigenvalue weighted by molar-refractivity contribution is 5.77. The second-order valence-electron chi connectivity index (χ2n) is 30.0. The molecule has 0 saturated carbocycles. The van der Waals surface area contributed by atoms with Gasteiger partial charge in [0.2, 0.25) is 11.8 Å². The maximum atomic E-state index is 13.5. The van der Waals surface area contributed by atoms with Crippen LogP contribution in [0.25, 0.3) is 0 Å². The number of amides is 2. The number of carbonyl (C=O) groups excluding carboxylic acids is 2. The molecule has 0 aromatic rings. The van der Waals surface area contributed by atoms with Gasteiger partial charge in [0, 0.05) is 19.8 Å². The average Bonchev–Trinajstić information content (AvgIpc) is 0.755. The maximum Gasteiger partial charge on any atom is 0.364 e. The smallest absolute Gasteiger partial charge is 0.364 e. The van der Waals surface area contributed by atoms with Crippen LogP contribution >= 0.6 is 0 Å². The number of ether oxygens (including phenoxy) is 6. The Morgan fingerprint density at radius 1 is 0.510 bits per heavy atom. The van der Waals surface area contributed by atoms with E-state index in [4.69, 9.17) is 28.4 Å². The van der Waals surface area contributed by atoms with Crippen molar-refractivity contribution in [3.8, 4) is 0 Å². The lowest BCUT2D eigenvalue weighted by atomic mass is 9.88. The molecule has 0 aromatic carbocycles. The molecule has 3 heterocycles. The molecule has 2 amide bonds. The first-order valence-electron chi connectivity index (χ1n) is 41.1. The summed E-state index contributed by atoms with van der Waals surface area (Å²) in [5.74, 6) is -6.13. The van der Waals surface area contributed by atoms with Crippen molar-refractivity contribution in [2.24, 2.45) is 0 Å². The third kappa shape index (κ3) is 38.5. The Morgan fingerprint density at radius 3 is 1.30 bits per heavy atom. The van der Waals surface area contributed by atoms with Gasteiger partial charge < -0.3 is 100 Å². The molecule has 18 atom stereocenters. The van der Waals surface area contributed by atoms with Crippen molar-refractivity contribution in [1.82, 2.24) is 10.6 Å². The molecule has 3 aliphatic rings. The van der Waals surface area contributed by atoms with E-state index < -0.39 is 155 Å². The van der Waals surface area contributed by atoms with Crippen LogP contribution in [0, 0.1) is 0 Å². The van der Waals surface area contributed by atoms with Gasteiger partial charge in [-0.1, -0.05) is 309 Å². The zero-order chi connectivity index (χ0) is 74.6. The van der Waals surface area contributed by atoms with Crippen LogP contribution in [-0.2, 0) is 42.8 Å². The highest BCUT2D eigenvalue weighted by Crippen LogP contribution is 2.39. The summed E-state index contributed by atoms with van der Waals surface area (Å²) in [6.45, 7) is 2.17. The van der Waals surface area contributed by atoms with Crippen LogP contribution in [0.1, 0.15) is 335 Å². The molecule has 0 radical (unpaired) electrons. The lowest BCUT2D eigenvalue weighted by Gasteiger charge is -2.50. The molecule has 18 unspecified atom stereocenters. The summed E-state index contributed by atoms with van der Waals surface area (Å²) in [5, 5.41) is 136. The molecule has 0 spiro atoms. The van der Waals surface area contributed by atoms with E-state index in [0.717, 1.165) is 51.9 Å². The number of aliphatic hydroxyl groups is 11. The molecule has 3 saturated heterocycles. The van der Waals surface area contributed by atoms with Crippen LogP contribution in [0.2, 0.25) is 0 Å². The molecule has 600 valence electrons. The summed E-state index contributed by atoms with van der Waals surface area (Å²) in [4.78, 5) is 38.6. The zero-order valence-electron chi connectivity index (χ0n) is 63.5. The minimum Gasteiger partial charge on any atom is -0.477 e. The predicted octanol–water partition coefficient (Wildman–Crippen LogP) is 11.0. The van der Waals surface area contributed by atoms with Gasteiger partial charge in [-0.3, -0.25) is 9.59 Å². The van der Waals surface area contributed by atoms with Crippen LogP contribution in [0.3, 0.4) is 0 Å². The number of hydrogen-bond donors (Lipinski definition) is 14. The first-order chi connectivity index (χ1) is 49.4. The van der Waals surface area contributed by atoms with Gasteiger partial charge in [0.1, 0.15) is 67.1 Å². The van der Waals surface area contributed by atoms with E-state index in [-0.39, 0.29) is 12.3 Å². The number of allylic oxidation sites excluding steroid dienone is 1. The van der Waals surface area contributed by atoms with Crippen LogP contribution in [-0.4, -0.2) is 215 Å². The van der Waals surface area contributed by atoms with Gasteiger partial charge in [-0.25, -0.2) is 4.79 Å². The van der Waals surface area contributed by atoms with Crippen molar-refractivity contribution >= 4 is 17.8 Å². The quantitative estimate of drug-likeness (QED) is 0.0199. The monoisotopic (exact) mass is 1460 g/mol. The van der Waals surface area contributed by atoms with Gasteiger partial charge in [-0.2, -0.15) is 0 Å². The number of carboxylic acid groups (broad SMARTS) is 1. The van der Waals surface area contributed by atoms with Crippen molar-refractivity contribution in [1.29, 1.82) is 0 Å². The van der Waals surface area contributed by atoms with E-state index in [9.17, 15) is 75.7 Å². The highest BCUT2D eigenvalue weighted by Gasteiger charge is 2.60. The van der Waals surface area contributed by atoms with Crippen molar-refractivity contribution < 1.29 is 104 Å². The molecule has 0 bridgehead atoms. The van der Waals surface area contributed by atoms with E-state index in [1.54, 1.807) is 6.08 Å². The molecule has 14 N–H and O–H groups in total. The van der Waals surface area contributed by atoms with Gasteiger partial charge in [0.05, 0.1) is 50.7 Å². The molecular weight excluding hydrogens is 1310 g/mol. The Labute approximate surface area is 613 Å². The third-order valence-electron chi connectivity index (χ3n) is 21.0. The van der Waals surface area contributed by atoms with Crippen LogP contribution in [0.15, 0.2) is 12.2 Å². The van der Waals surface area contributed by atoms with Crippen LogP contribution in [0.5, 0.6) is 0 Å². The number of nitrogens with one attached hydrogen (secondary N) is 2. The van der Waals surface area contributed by atoms with Crippen LogP contribution < -0.4 is 10.6 Å². The van der Waals surface area contributed by atoms with E-state index in [1.807, 2.05) is 6.08 Å². The van der Waals surface area contributed by atoms with Gasteiger partial charge in [0.25, 0.3) is 5.79 Å². The topological polar surface area (TPSA) is 373 Å². The van der Waals surface area contributed by atoms with Crippen molar-refractivity contribution in [3.63, 3.8) is 0 Å². The lowest BCUT2D eigenvalue weighted by Crippen LogP contribution is -2.70. The van der Waals surface area contributed by atoms with Crippen molar-refractivity contribution in [2.45, 2.75) is 445 Å². The first kappa shape index (κ1) is 93.7. The van der Waals surface area contributed by atoms with Gasteiger partial charge in [0.15, 0.2) is 12.6 Å². The van der Waals surface area contributed by atoms with E-state index in [0.29, 0.717) is 12.8 Å². The summed E-state index contributed by atoms with van der Waals surface area (Å²) in [5.41, 5.74) is 0. The maximum absolute atomic E-state index is 13.5. The molecular formula is C79H148N2O21. The Hall–Kier alpha value is -2.53. The number of aliphatic hydroxyl groups excluding tert-OH is 11. The number of rotatable bonds is 65. The largest absolute Gasteiger partial charge is 0.477 e. The summed E-state index contributed by atoms with van der Waals surface area (Å²) in [6, 6.07) is -2.61.